The van der Waals surface area contributed by atoms with Crippen LogP contribution in [0, 0.1) is 6.92 Å². The van der Waals surface area contributed by atoms with E-state index in [0.717, 1.165) is 15.7 Å². The molecule has 0 fully saturated rings. The highest BCUT2D eigenvalue weighted by Crippen LogP contribution is 2.37. The number of benzene rings is 2. The Bertz CT molecular complexity index is 614. The Morgan fingerprint density at radius 2 is 1.79 bits per heavy atom. The van der Waals surface area contributed by atoms with Gasteiger partial charge in [0, 0.05) is 22.3 Å². The van der Waals surface area contributed by atoms with Gasteiger partial charge in [0.2, 0.25) is 5.75 Å². The van der Waals surface area contributed by atoms with Crippen molar-refractivity contribution in [2.45, 2.75) is 13.5 Å². The predicted octanol–water partition coefficient (Wildman–Crippen LogP) is 3.49. The summed E-state index contributed by atoms with van der Waals surface area (Å²) in [4.78, 5) is 0. The normalized spacial score (nSPS) is 10.4. The molecule has 0 saturated heterocycles. The van der Waals surface area contributed by atoms with Crippen molar-refractivity contribution in [3.8, 4) is 17.2 Å². The van der Waals surface area contributed by atoms with E-state index in [0.29, 0.717) is 12.1 Å². The second-order valence-corrected chi connectivity index (χ2v) is 5.11. The Morgan fingerprint density at radius 1 is 1.05 bits per heavy atom. The Labute approximate surface area is 119 Å². The van der Waals surface area contributed by atoms with Gasteiger partial charge in [-0.3, -0.25) is 0 Å². The van der Waals surface area contributed by atoms with Crippen molar-refractivity contribution in [3.63, 3.8) is 0 Å². The SMILES string of the molecule is Cc1ccc(NCc2ccc(O)c(O)c2O)cc1Br. The first kappa shape index (κ1) is 13.5. The summed E-state index contributed by atoms with van der Waals surface area (Å²) in [5, 5.41) is 31.5. The van der Waals surface area contributed by atoms with Gasteiger partial charge in [0.1, 0.15) is 0 Å². The summed E-state index contributed by atoms with van der Waals surface area (Å²) in [6.07, 6.45) is 0. The third kappa shape index (κ3) is 2.93. The molecule has 0 aliphatic heterocycles. The standard InChI is InChI=1S/C14H14BrNO3/c1-8-2-4-10(6-11(8)15)16-7-9-3-5-12(17)14(19)13(9)18/h2-6,16-19H,7H2,1H3. The molecule has 19 heavy (non-hydrogen) atoms. The van der Waals surface area contributed by atoms with Gasteiger partial charge in [-0.15, -0.1) is 0 Å². The van der Waals surface area contributed by atoms with Crippen molar-refractivity contribution in [2.24, 2.45) is 0 Å². The van der Waals surface area contributed by atoms with Crippen LogP contribution in [-0.4, -0.2) is 15.3 Å². The number of hydrogen-bond donors (Lipinski definition) is 4. The van der Waals surface area contributed by atoms with Gasteiger partial charge in [0.05, 0.1) is 0 Å². The molecule has 2 aromatic rings. The molecule has 4 N–H and O–H groups in total. The summed E-state index contributed by atoms with van der Waals surface area (Å²) in [5.74, 6) is -1.14. The van der Waals surface area contributed by atoms with Gasteiger partial charge >= 0.3 is 0 Å². The van der Waals surface area contributed by atoms with Crippen LogP contribution in [0.4, 0.5) is 5.69 Å². The maximum absolute atomic E-state index is 9.70. The molecule has 0 aliphatic carbocycles. The molecule has 2 rings (SSSR count). The second-order valence-electron chi connectivity index (χ2n) is 4.26. The lowest BCUT2D eigenvalue weighted by molar-refractivity contribution is 0.365. The molecule has 0 heterocycles. The number of halogens is 1. The van der Waals surface area contributed by atoms with Crippen LogP contribution in [0.2, 0.25) is 0 Å². The topological polar surface area (TPSA) is 72.7 Å². The molecule has 2 aromatic carbocycles. The van der Waals surface area contributed by atoms with E-state index in [9.17, 15) is 15.3 Å². The minimum absolute atomic E-state index is 0.307. The summed E-state index contributed by atoms with van der Waals surface area (Å²) in [6, 6.07) is 8.74. The molecule has 0 amide bonds. The first-order valence-electron chi connectivity index (χ1n) is 5.72. The zero-order valence-electron chi connectivity index (χ0n) is 10.3. The maximum atomic E-state index is 9.70. The van der Waals surface area contributed by atoms with E-state index in [4.69, 9.17) is 0 Å². The molecular weight excluding hydrogens is 310 g/mol. The molecule has 100 valence electrons. The largest absolute Gasteiger partial charge is 0.504 e. The number of phenolic OH excluding ortho intramolecular Hbond substituents is 3. The van der Waals surface area contributed by atoms with Crippen molar-refractivity contribution in [2.75, 3.05) is 5.32 Å². The molecule has 5 heteroatoms. The summed E-state index contributed by atoms with van der Waals surface area (Å²) in [7, 11) is 0. The van der Waals surface area contributed by atoms with E-state index in [1.54, 1.807) is 6.07 Å². The molecule has 0 atom stereocenters. The van der Waals surface area contributed by atoms with Crippen molar-refractivity contribution >= 4 is 21.6 Å². The third-order valence-corrected chi connectivity index (χ3v) is 3.72. The van der Waals surface area contributed by atoms with E-state index in [-0.39, 0.29) is 11.5 Å². The predicted molar refractivity (Wildman–Crippen MR) is 77.6 cm³/mol. The van der Waals surface area contributed by atoms with Crippen molar-refractivity contribution in [1.82, 2.24) is 0 Å². The highest BCUT2D eigenvalue weighted by molar-refractivity contribution is 9.10. The number of rotatable bonds is 3. The van der Waals surface area contributed by atoms with Crippen LogP contribution in [0.25, 0.3) is 0 Å². The molecule has 0 aromatic heterocycles. The molecular formula is C14H14BrNO3. The fourth-order valence-electron chi connectivity index (χ4n) is 1.65. The van der Waals surface area contributed by atoms with Crippen molar-refractivity contribution in [1.29, 1.82) is 0 Å². The minimum Gasteiger partial charge on any atom is -0.504 e. The fraction of sp³-hybridized carbons (Fsp3) is 0.143. The van der Waals surface area contributed by atoms with E-state index in [2.05, 4.69) is 21.2 Å². The average molecular weight is 324 g/mol. The molecule has 4 nitrogen and oxygen atoms in total. The number of nitrogens with one attached hydrogen (secondary N) is 1. The Balaban J connectivity index is 2.14. The lowest BCUT2D eigenvalue weighted by Crippen LogP contribution is -2.00. The summed E-state index contributed by atoms with van der Waals surface area (Å²) in [6.45, 7) is 2.34. The van der Waals surface area contributed by atoms with Crippen LogP contribution in [0.3, 0.4) is 0 Å². The van der Waals surface area contributed by atoms with Crippen LogP contribution in [0.1, 0.15) is 11.1 Å². The second kappa shape index (κ2) is 5.40. The van der Waals surface area contributed by atoms with E-state index < -0.39 is 5.75 Å². The average Bonchev–Trinajstić information content (AvgIpc) is 2.39. The summed E-state index contributed by atoms with van der Waals surface area (Å²) >= 11 is 3.45. The molecule has 0 aliphatic rings. The van der Waals surface area contributed by atoms with Gasteiger partial charge < -0.3 is 20.6 Å². The van der Waals surface area contributed by atoms with Gasteiger partial charge in [-0.1, -0.05) is 22.0 Å². The minimum atomic E-state index is -0.496. The van der Waals surface area contributed by atoms with Crippen LogP contribution in [0.5, 0.6) is 17.2 Å². The van der Waals surface area contributed by atoms with E-state index in [1.807, 2.05) is 25.1 Å². The zero-order chi connectivity index (χ0) is 14.0. The smallest absolute Gasteiger partial charge is 0.200 e. The lowest BCUT2D eigenvalue weighted by atomic mass is 10.1. The van der Waals surface area contributed by atoms with Crippen LogP contribution >= 0.6 is 15.9 Å². The van der Waals surface area contributed by atoms with Gasteiger partial charge in [0.25, 0.3) is 0 Å². The van der Waals surface area contributed by atoms with Crippen LogP contribution in [-0.2, 0) is 6.54 Å². The first-order chi connectivity index (χ1) is 8.99. The highest BCUT2D eigenvalue weighted by Gasteiger charge is 2.10. The number of phenols is 3. The Hall–Kier alpha value is -1.88. The van der Waals surface area contributed by atoms with Crippen molar-refractivity contribution in [3.05, 3.63) is 45.9 Å². The molecule has 0 saturated carbocycles. The van der Waals surface area contributed by atoms with Gasteiger partial charge in [0.15, 0.2) is 11.5 Å². The van der Waals surface area contributed by atoms with E-state index in [1.165, 1.54) is 6.07 Å². The number of aryl methyl sites for hydroxylation is 1. The monoisotopic (exact) mass is 323 g/mol. The van der Waals surface area contributed by atoms with Crippen LogP contribution < -0.4 is 5.32 Å². The number of hydrogen-bond acceptors (Lipinski definition) is 4. The molecule has 0 unspecified atom stereocenters. The molecule has 0 spiro atoms. The van der Waals surface area contributed by atoms with Gasteiger partial charge in [-0.05, 0) is 36.8 Å². The number of aromatic hydroxyl groups is 3. The maximum Gasteiger partial charge on any atom is 0.200 e. The zero-order valence-corrected chi connectivity index (χ0v) is 11.9. The third-order valence-electron chi connectivity index (χ3n) is 2.87. The van der Waals surface area contributed by atoms with Gasteiger partial charge in [-0.25, -0.2) is 0 Å². The Kier molecular flexibility index (Phi) is 3.85. The van der Waals surface area contributed by atoms with Crippen molar-refractivity contribution < 1.29 is 15.3 Å². The highest BCUT2D eigenvalue weighted by atomic mass is 79.9. The fourth-order valence-corrected chi connectivity index (χ4v) is 2.03. The molecule has 0 bridgehead atoms. The van der Waals surface area contributed by atoms with E-state index >= 15 is 0 Å². The van der Waals surface area contributed by atoms with Gasteiger partial charge in [-0.2, -0.15) is 0 Å². The first-order valence-corrected chi connectivity index (χ1v) is 6.51. The summed E-state index contributed by atoms with van der Waals surface area (Å²) < 4.78 is 0.996. The Morgan fingerprint density at radius 3 is 2.47 bits per heavy atom. The number of anilines is 1. The van der Waals surface area contributed by atoms with Crippen LogP contribution in [0.15, 0.2) is 34.8 Å². The lowest BCUT2D eigenvalue weighted by Gasteiger charge is -2.11. The quantitative estimate of drug-likeness (QED) is 0.652. The summed E-state index contributed by atoms with van der Waals surface area (Å²) in [5.41, 5.74) is 2.53. The molecule has 0 radical (unpaired) electrons.